The Balaban J connectivity index is 1.71. The van der Waals surface area contributed by atoms with Crippen LogP contribution in [0.2, 0.25) is 10.0 Å². The van der Waals surface area contributed by atoms with Gasteiger partial charge in [0.05, 0.1) is 22.9 Å². The van der Waals surface area contributed by atoms with Crippen molar-refractivity contribution in [3.8, 4) is 0 Å². The molecule has 140 valence electrons. The van der Waals surface area contributed by atoms with Crippen LogP contribution in [0.25, 0.3) is 0 Å². The maximum absolute atomic E-state index is 12.8. The smallest absolute Gasteiger partial charge is 0.247 e. The lowest BCUT2D eigenvalue weighted by atomic mass is 10.2. The number of thiocarbonyl (C=S) groups is 1. The number of thioether (sulfide) groups is 1. The fraction of sp³-hybridized carbons (Fsp3) is 0.471. The molecule has 2 amide bonds. The molecule has 2 saturated heterocycles. The Kier molecular flexibility index (Phi) is 6.14. The van der Waals surface area contributed by atoms with Gasteiger partial charge in [-0.15, -0.1) is 0 Å². The van der Waals surface area contributed by atoms with Gasteiger partial charge in [0.15, 0.2) is 0 Å². The minimum atomic E-state index is -0.546. The molecule has 5 nitrogen and oxygen atoms in total. The van der Waals surface area contributed by atoms with Crippen LogP contribution in [-0.4, -0.2) is 51.6 Å². The summed E-state index contributed by atoms with van der Waals surface area (Å²) in [7, 11) is 0. The molecule has 0 bridgehead atoms. The average Bonchev–Trinajstić information content (AvgIpc) is 2.81. The first kappa shape index (κ1) is 19.9. The van der Waals surface area contributed by atoms with E-state index in [1.54, 1.807) is 12.1 Å². The summed E-state index contributed by atoms with van der Waals surface area (Å²) < 4.78 is 6.32. The third-order valence-electron chi connectivity index (χ3n) is 4.18. The van der Waals surface area contributed by atoms with E-state index in [1.165, 1.54) is 17.8 Å². The second kappa shape index (κ2) is 8.02. The second-order valence-electron chi connectivity index (χ2n) is 6.40. The first-order chi connectivity index (χ1) is 12.3. The summed E-state index contributed by atoms with van der Waals surface area (Å²) in [5.41, 5.74) is 0.355. The predicted molar refractivity (Wildman–Crippen MR) is 109 cm³/mol. The fourth-order valence-corrected chi connectivity index (χ4v) is 5.10. The number of nitrogens with zero attached hydrogens (tertiary/aromatic N) is 2. The van der Waals surface area contributed by atoms with Crippen molar-refractivity contribution >= 4 is 69.0 Å². The summed E-state index contributed by atoms with van der Waals surface area (Å²) in [6.07, 6.45) is 0.239. The van der Waals surface area contributed by atoms with Crippen LogP contribution >= 0.6 is 47.2 Å². The van der Waals surface area contributed by atoms with Crippen LogP contribution < -0.4 is 4.90 Å². The Hall–Kier alpha value is -0.860. The molecule has 0 unspecified atom stereocenters. The second-order valence-corrected chi connectivity index (χ2v) is 9.08. The number of rotatable bonds is 2. The van der Waals surface area contributed by atoms with Gasteiger partial charge in [-0.05, 0) is 32.0 Å². The van der Waals surface area contributed by atoms with Crippen LogP contribution in [0.5, 0.6) is 0 Å². The van der Waals surface area contributed by atoms with E-state index in [1.807, 2.05) is 18.7 Å². The third-order valence-corrected chi connectivity index (χ3v) is 6.37. The Bertz CT molecular complexity index is 752. The molecule has 0 spiro atoms. The maximum atomic E-state index is 12.8. The first-order valence-corrected chi connectivity index (χ1v) is 10.2. The van der Waals surface area contributed by atoms with Gasteiger partial charge in [0.1, 0.15) is 9.57 Å². The van der Waals surface area contributed by atoms with E-state index in [4.69, 9.17) is 40.2 Å². The van der Waals surface area contributed by atoms with Crippen molar-refractivity contribution in [1.29, 1.82) is 0 Å². The van der Waals surface area contributed by atoms with Crippen molar-refractivity contribution < 1.29 is 14.3 Å². The lowest BCUT2D eigenvalue weighted by Gasteiger charge is -2.36. The van der Waals surface area contributed by atoms with E-state index in [9.17, 15) is 9.59 Å². The number of halogens is 2. The van der Waals surface area contributed by atoms with Crippen LogP contribution in [0.4, 0.5) is 5.69 Å². The molecule has 1 aromatic rings. The van der Waals surface area contributed by atoms with Gasteiger partial charge in [-0.3, -0.25) is 9.59 Å². The van der Waals surface area contributed by atoms with Crippen molar-refractivity contribution in [3.05, 3.63) is 28.2 Å². The highest BCUT2D eigenvalue weighted by Crippen LogP contribution is 2.36. The number of amides is 2. The van der Waals surface area contributed by atoms with Crippen molar-refractivity contribution in [3.63, 3.8) is 0 Å². The monoisotopic (exact) mass is 432 g/mol. The van der Waals surface area contributed by atoms with Crippen molar-refractivity contribution in [2.45, 2.75) is 37.7 Å². The molecule has 0 aromatic heterocycles. The van der Waals surface area contributed by atoms with Crippen LogP contribution in [0.15, 0.2) is 18.2 Å². The van der Waals surface area contributed by atoms with Gasteiger partial charge in [0.25, 0.3) is 0 Å². The van der Waals surface area contributed by atoms with E-state index in [0.717, 1.165) is 4.90 Å². The molecular formula is C17H18Cl2N2O3S2. The molecular weight excluding hydrogens is 415 g/mol. The van der Waals surface area contributed by atoms with E-state index >= 15 is 0 Å². The highest BCUT2D eigenvalue weighted by Gasteiger charge is 2.42. The predicted octanol–water partition coefficient (Wildman–Crippen LogP) is 3.75. The summed E-state index contributed by atoms with van der Waals surface area (Å²) in [6, 6.07) is 4.70. The molecule has 2 heterocycles. The Morgan fingerprint density at radius 2 is 1.88 bits per heavy atom. The fourth-order valence-electron chi connectivity index (χ4n) is 3.14. The Morgan fingerprint density at radius 3 is 2.50 bits per heavy atom. The van der Waals surface area contributed by atoms with Crippen LogP contribution in [0, 0.1) is 0 Å². The number of morpholine rings is 1. The molecule has 0 saturated carbocycles. The summed E-state index contributed by atoms with van der Waals surface area (Å²) in [5, 5.41) is 0.166. The van der Waals surface area contributed by atoms with Gasteiger partial charge in [-0.2, -0.15) is 0 Å². The minimum absolute atomic E-state index is 0.0718. The molecule has 3 atom stereocenters. The number of hydrogen-bond acceptors (Lipinski definition) is 5. The summed E-state index contributed by atoms with van der Waals surface area (Å²) in [5.74, 6) is -0.593. The molecule has 0 aliphatic carbocycles. The molecule has 2 aliphatic heterocycles. The van der Waals surface area contributed by atoms with Crippen molar-refractivity contribution in [2.75, 3.05) is 18.0 Å². The lowest BCUT2D eigenvalue weighted by Crippen LogP contribution is -2.47. The number of anilines is 1. The van der Waals surface area contributed by atoms with Gasteiger partial charge in [0.2, 0.25) is 11.8 Å². The number of carbonyl (C=O) groups excluding carboxylic acids is 2. The largest absolute Gasteiger partial charge is 0.372 e. The molecule has 0 N–H and O–H groups in total. The Morgan fingerprint density at radius 1 is 1.23 bits per heavy atom. The zero-order chi connectivity index (χ0) is 19.0. The van der Waals surface area contributed by atoms with E-state index < -0.39 is 5.25 Å². The standard InChI is InChI=1S/C17H18Cl2N2O3S2/c1-9-7-20(8-10(2)24-9)17(25)26-14-6-15(22)21(16(14)23)13-4-3-11(18)5-12(13)19/h3-5,9-10,14H,6-8H2,1-2H3/t9-,10+,14-/m1/s1. The van der Waals surface area contributed by atoms with E-state index in [0.29, 0.717) is 28.1 Å². The van der Waals surface area contributed by atoms with Crippen LogP contribution in [-0.2, 0) is 14.3 Å². The van der Waals surface area contributed by atoms with Gasteiger partial charge in [0, 0.05) is 24.5 Å². The van der Waals surface area contributed by atoms with E-state index in [-0.39, 0.29) is 35.5 Å². The maximum Gasteiger partial charge on any atom is 0.247 e. The van der Waals surface area contributed by atoms with Crippen molar-refractivity contribution in [2.24, 2.45) is 0 Å². The zero-order valence-corrected chi connectivity index (χ0v) is 17.4. The number of imide groups is 1. The van der Waals surface area contributed by atoms with Gasteiger partial charge in [-0.25, -0.2) is 4.90 Å². The zero-order valence-electron chi connectivity index (χ0n) is 14.3. The average molecular weight is 433 g/mol. The molecule has 3 rings (SSSR count). The van der Waals surface area contributed by atoms with Gasteiger partial charge >= 0.3 is 0 Å². The lowest BCUT2D eigenvalue weighted by molar-refractivity contribution is -0.121. The highest BCUT2D eigenvalue weighted by atomic mass is 35.5. The molecule has 2 fully saturated rings. The van der Waals surface area contributed by atoms with Crippen LogP contribution in [0.1, 0.15) is 20.3 Å². The summed E-state index contributed by atoms with van der Waals surface area (Å²) in [4.78, 5) is 28.4. The number of ether oxygens (including phenoxy) is 1. The third kappa shape index (κ3) is 4.17. The van der Waals surface area contributed by atoms with Gasteiger partial charge < -0.3 is 9.64 Å². The summed E-state index contributed by atoms with van der Waals surface area (Å²) in [6.45, 7) is 5.34. The topological polar surface area (TPSA) is 49.9 Å². The minimum Gasteiger partial charge on any atom is -0.372 e. The van der Waals surface area contributed by atoms with Crippen LogP contribution in [0.3, 0.4) is 0 Å². The molecule has 9 heteroatoms. The Labute approximate surface area is 171 Å². The van der Waals surface area contributed by atoms with E-state index in [2.05, 4.69) is 0 Å². The number of benzene rings is 1. The quantitative estimate of drug-likeness (QED) is 0.523. The highest BCUT2D eigenvalue weighted by molar-refractivity contribution is 8.23. The normalized spacial score (nSPS) is 26.5. The SMILES string of the molecule is C[C@@H]1CN(C(=S)S[C@@H]2CC(=O)N(c3ccc(Cl)cc3Cl)C2=O)C[C@H](C)O1. The number of hydrogen-bond donors (Lipinski definition) is 0. The molecule has 1 aromatic carbocycles. The first-order valence-electron chi connectivity index (χ1n) is 8.19. The number of carbonyl (C=O) groups is 2. The molecule has 26 heavy (non-hydrogen) atoms. The molecule has 2 aliphatic rings. The van der Waals surface area contributed by atoms with Gasteiger partial charge in [-0.1, -0.05) is 47.2 Å². The van der Waals surface area contributed by atoms with Crippen molar-refractivity contribution in [1.82, 2.24) is 4.90 Å². The summed E-state index contributed by atoms with van der Waals surface area (Å²) >= 11 is 18.8. The molecule has 0 radical (unpaired) electrons.